The topological polar surface area (TPSA) is 29.5 Å². The van der Waals surface area contributed by atoms with Crippen LogP contribution in [0.5, 0.6) is 5.75 Å². The molecule has 3 rings (SSSR count). The molecule has 20 heavy (non-hydrogen) atoms. The second-order valence-electron chi connectivity index (χ2n) is 5.28. The summed E-state index contributed by atoms with van der Waals surface area (Å²) in [5, 5.41) is 10.0. The van der Waals surface area contributed by atoms with E-state index < -0.39 is 0 Å². The number of fused-ring (bicyclic) bond motifs is 1. The van der Waals surface area contributed by atoms with Crippen LogP contribution in [-0.4, -0.2) is 11.7 Å². The predicted molar refractivity (Wildman–Crippen MR) is 80.9 cm³/mol. The Bertz CT molecular complexity index is 587. The molecule has 0 fully saturated rings. The van der Waals surface area contributed by atoms with Crippen molar-refractivity contribution >= 4 is 0 Å². The van der Waals surface area contributed by atoms with E-state index >= 15 is 0 Å². The van der Waals surface area contributed by atoms with Crippen molar-refractivity contribution < 1.29 is 9.84 Å². The molecule has 1 aliphatic rings. The third-order valence-electron chi connectivity index (χ3n) is 3.92. The average Bonchev–Trinajstić information content (AvgIpc) is 2.48. The molecule has 0 saturated heterocycles. The summed E-state index contributed by atoms with van der Waals surface area (Å²) in [4.78, 5) is 0. The summed E-state index contributed by atoms with van der Waals surface area (Å²) in [5.41, 5.74) is 4.79. The largest absolute Gasteiger partial charge is 0.494 e. The zero-order valence-electron chi connectivity index (χ0n) is 11.8. The Balaban J connectivity index is 1.90. The molecule has 104 valence electrons. The fourth-order valence-electron chi connectivity index (χ4n) is 2.88. The molecule has 0 aromatic heterocycles. The van der Waals surface area contributed by atoms with Crippen LogP contribution >= 0.6 is 0 Å². The average molecular weight is 268 g/mol. The van der Waals surface area contributed by atoms with Crippen LogP contribution in [0.1, 0.15) is 37.0 Å². The fraction of sp³-hybridized carbons (Fsp3) is 0.333. The molecule has 1 atom stereocenters. The van der Waals surface area contributed by atoms with Crippen molar-refractivity contribution in [2.45, 2.75) is 32.3 Å². The van der Waals surface area contributed by atoms with Gasteiger partial charge in [0.25, 0.3) is 0 Å². The van der Waals surface area contributed by atoms with Crippen LogP contribution in [0, 0.1) is 0 Å². The van der Waals surface area contributed by atoms with Crippen LogP contribution in [0.3, 0.4) is 0 Å². The Labute approximate surface area is 120 Å². The van der Waals surface area contributed by atoms with Crippen LogP contribution in [0.25, 0.3) is 11.1 Å². The molecule has 2 aromatic carbocycles. The standard InChI is InChI=1S/C18H20O2/c1-2-20-16-9-6-13(7-10-16)14-8-11-17-15(12-14)4-3-5-18(17)19/h6-12,18-19H,2-5H2,1H3. The Morgan fingerprint density at radius 1 is 1.10 bits per heavy atom. The Kier molecular flexibility index (Phi) is 3.75. The van der Waals surface area contributed by atoms with Crippen molar-refractivity contribution in [1.82, 2.24) is 0 Å². The van der Waals surface area contributed by atoms with Crippen LogP contribution in [-0.2, 0) is 6.42 Å². The first-order valence-corrected chi connectivity index (χ1v) is 7.32. The minimum atomic E-state index is -0.284. The Hall–Kier alpha value is -1.80. The zero-order chi connectivity index (χ0) is 13.9. The summed E-state index contributed by atoms with van der Waals surface area (Å²) in [5.74, 6) is 0.907. The highest BCUT2D eigenvalue weighted by Gasteiger charge is 2.17. The summed E-state index contributed by atoms with van der Waals surface area (Å²) >= 11 is 0. The van der Waals surface area contributed by atoms with Crippen molar-refractivity contribution in [3.63, 3.8) is 0 Å². The fourth-order valence-corrected chi connectivity index (χ4v) is 2.88. The summed E-state index contributed by atoms with van der Waals surface area (Å²) < 4.78 is 5.47. The third-order valence-corrected chi connectivity index (χ3v) is 3.92. The minimum Gasteiger partial charge on any atom is -0.494 e. The molecule has 1 aliphatic carbocycles. The van der Waals surface area contributed by atoms with Gasteiger partial charge in [0.15, 0.2) is 0 Å². The Morgan fingerprint density at radius 3 is 2.60 bits per heavy atom. The van der Waals surface area contributed by atoms with Gasteiger partial charge in [0.05, 0.1) is 12.7 Å². The van der Waals surface area contributed by atoms with Crippen LogP contribution in [0.15, 0.2) is 42.5 Å². The van der Waals surface area contributed by atoms with E-state index in [9.17, 15) is 5.11 Å². The molecule has 0 spiro atoms. The minimum absolute atomic E-state index is 0.284. The lowest BCUT2D eigenvalue weighted by Crippen LogP contribution is -2.08. The van der Waals surface area contributed by atoms with Crippen molar-refractivity contribution in [2.75, 3.05) is 6.61 Å². The molecule has 2 aromatic rings. The first kappa shape index (κ1) is 13.2. The van der Waals surface area contributed by atoms with Crippen molar-refractivity contribution in [3.8, 4) is 16.9 Å². The van der Waals surface area contributed by atoms with Gasteiger partial charge in [0.2, 0.25) is 0 Å². The second-order valence-corrected chi connectivity index (χ2v) is 5.28. The maximum Gasteiger partial charge on any atom is 0.119 e. The van der Waals surface area contributed by atoms with E-state index in [2.05, 4.69) is 30.3 Å². The molecular weight excluding hydrogens is 248 g/mol. The van der Waals surface area contributed by atoms with E-state index in [4.69, 9.17) is 4.74 Å². The first-order valence-electron chi connectivity index (χ1n) is 7.32. The molecule has 2 nitrogen and oxygen atoms in total. The van der Waals surface area contributed by atoms with E-state index in [1.165, 1.54) is 16.7 Å². The predicted octanol–water partition coefficient (Wildman–Crippen LogP) is 4.12. The maximum absolute atomic E-state index is 10.0. The van der Waals surface area contributed by atoms with Crippen molar-refractivity contribution in [2.24, 2.45) is 0 Å². The molecule has 1 N–H and O–H groups in total. The van der Waals surface area contributed by atoms with Gasteiger partial charge in [-0.05, 0) is 60.6 Å². The van der Waals surface area contributed by atoms with E-state index in [1.807, 2.05) is 19.1 Å². The lowest BCUT2D eigenvalue weighted by Gasteiger charge is -2.22. The zero-order valence-corrected chi connectivity index (χ0v) is 11.8. The lowest BCUT2D eigenvalue weighted by atomic mass is 9.87. The van der Waals surface area contributed by atoms with Gasteiger partial charge >= 0.3 is 0 Å². The lowest BCUT2D eigenvalue weighted by molar-refractivity contribution is 0.156. The third kappa shape index (κ3) is 2.56. The SMILES string of the molecule is CCOc1ccc(-c2ccc3c(c2)CCCC3O)cc1. The quantitative estimate of drug-likeness (QED) is 0.907. The molecule has 0 heterocycles. The molecular formula is C18H20O2. The maximum atomic E-state index is 10.0. The summed E-state index contributed by atoms with van der Waals surface area (Å²) in [6.45, 7) is 2.68. The molecule has 1 unspecified atom stereocenters. The van der Waals surface area contributed by atoms with Crippen LogP contribution in [0.2, 0.25) is 0 Å². The number of benzene rings is 2. The Morgan fingerprint density at radius 2 is 1.85 bits per heavy atom. The van der Waals surface area contributed by atoms with Crippen LogP contribution < -0.4 is 4.74 Å². The molecule has 0 bridgehead atoms. The highest BCUT2D eigenvalue weighted by molar-refractivity contribution is 5.66. The molecule has 0 radical (unpaired) electrons. The molecule has 0 aliphatic heterocycles. The van der Waals surface area contributed by atoms with Gasteiger partial charge in [0, 0.05) is 0 Å². The second kappa shape index (κ2) is 5.68. The summed E-state index contributed by atoms with van der Waals surface area (Å²) in [6.07, 6.45) is 2.74. The van der Waals surface area contributed by atoms with E-state index in [0.29, 0.717) is 6.61 Å². The molecule has 0 amide bonds. The van der Waals surface area contributed by atoms with Gasteiger partial charge in [-0.15, -0.1) is 0 Å². The number of aliphatic hydroxyl groups excluding tert-OH is 1. The van der Waals surface area contributed by atoms with E-state index in [-0.39, 0.29) is 6.10 Å². The monoisotopic (exact) mass is 268 g/mol. The number of hydrogen-bond acceptors (Lipinski definition) is 2. The number of aliphatic hydroxyl groups is 1. The summed E-state index contributed by atoms with van der Waals surface area (Å²) in [7, 11) is 0. The molecule has 2 heteroatoms. The number of ether oxygens (including phenoxy) is 1. The smallest absolute Gasteiger partial charge is 0.119 e. The van der Waals surface area contributed by atoms with Crippen LogP contribution in [0.4, 0.5) is 0 Å². The highest BCUT2D eigenvalue weighted by Crippen LogP contribution is 2.33. The van der Waals surface area contributed by atoms with Gasteiger partial charge in [0.1, 0.15) is 5.75 Å². The van der Waals surface area contributed by atoms with Gasteiger partial charge in [-0.2, -0.15) is 0 Å². The van der Waals surface area contributed by atoms with Gasteiger partial charge < -0.3 is 9.84 Å². The molecule has 0 saturated carbocycles. The van der Waals surface area contributed by atoms with E-state index in [0.717, 1.165) is 30.6 Å². The number of rotatable bonds is 3. The van der Waals surface area contributed by atoms with Gasteiger partial charge in [-0.3, -0.25) is 0 Å². The van der Waals surface area contributed by atoms with Crippen molar-refractivity contribution in [3.05, 3.63) is 53.6 Å². The normalized spacial score (nSPS) is 17.6. The summed E-state index contributed by atoms with van der Waals surface area (Å²) in [6, 6.07) is 14.6. The number of hydrogen-bond donors (Lipinski definition) is 1. The van der Waals surface area contributed by atoms with Crippen molar-refractivity contribution in [1.29, 1.82) is 0 Å². The first-order chi connectivity index (χ1) is 9.78. The van der Waals surface area contributed by atoms with Gasteiger partial charge in [-0.25, -0.2) is 0 Å². The van der Waals surface area contributed by atoms with Gasteiger partial charge in [-0.1, -0.05) is 30.3 Å². The number of aryl methyl sites for hydroxylation is 1. The van der Waals surface area contributed by atoms with E-state index in [1.54, 1.807) is 0 Å². The highest BCUT2D eigenvalue weighted by atomic mass is 16.5.